The van der Waals surface area contributed by atoms with Gasteiger partial charge < -0.3 is 11.1 Å². The molecule has 0 saturated heterocycles. The Hall–Kier alpha value is -0.800. The van der Waals surface area contributed by atoms with E-state index in [1.165, 1.54) is 0 Å². The lowest BCUT2D eigenvalue weighted by Crippen LogP contribution is -2.02. The van der Waals surface area contributed by atoms with Gasteiger partial charge in [0, 0.05) is 31.0 Å². The van der Waals surface area contributed by atoms with Crippen LogP contribution in [-0.4, -0.2) is 12.0 Å². The van der Waals surface area contributed by atoms with E-state index in [1.54, 1.807) is 12.3 Å². The van der Waals surface area contributed by atoms with Gasteiger partial charge in [0.1, 0.15) is 5.15 Å². The summed E-state index contributed by atoms with van der Waals surface area (Å²) in [6.07, 6.45) is 1.67. The third kappa shape index (κ3) is 1.82. The lowest BCUT2D eigenvalue weighted by atomic mass is 10.2. The van der Waals surface area contributed by atoms with E-state index in [1.807, 2.05) is 7.05 Å². The van der Waals surface area contributed by atoms with Gasteiger partial charge in [-0.1, -0.05) is 11.6 Å². The number of anilines is 1. The van der Waals surface area contributed by atoms with Crippen molar-refractivity contribution < 1.29 is 0 Å². The zero-order chi connectivity index (χ0) is 8.27. The zero-order valence-corrected chi connectivity index (χ0v) is 7.02. The quantitative estimate of drug-likeness (QED) is 0.659. The molecular formula is C7H10ClN3. The fourth-order valence-corrected chi connectivity index (χ4v) is 1.01. The van der Waals surface area contributed by atoms with Crippen LogP contribution in [0.25, 0.3) is 0 Å². The summed E-state index contributed by atoms with van der Waals surface area (Å²) in [7, 11) is 1.82. The zero-order valence-electron chi connectivity index (χ0n) is 6.26. The molecule has 1 rings (SSSR count). The number of hydrogen-bond donors (Lipinski definition) is 2. The molecule has 11 heavy (non-hydrogen) atoms. The predicted molar refractivity (Wildman–Crippen MR) is 46.7 cm³/mol. The van der Waals surface area contributed by atoms with Crippen LogP contribution in [0.15, 0.2) is 12.3 Å². The number of nitrogens with zero attached hydrogens (tertiary/aromatic N) is 1. The Kier molecular flexibility index (Phi) is 2.68. The van der Waals surface area contributed by atoms with Gasteiger partial charge in [-0.2, -0.15) is 0 Å². The second kappa shape index (κ2) is 3.55. The highest BCUT2D eigenvalue weighted by Crippen LogP contribution is 2.16. The molecule has 0 atom stereocenters. The van der Waals surface area contributed by atoms with Gasteiger partial charge in [-0.25, -0.2) is 4.98 Å². The van der Waals surface area contributed by atoms with E-state index < -0.39 is 0 Å². The first kappa shape index (κ1) is 8.30. The van der Waals surface area contributed by atoms with Crippen LogP contribution in [-0.2, 0) is 6.54 Å². The van der Waals surface area contributed by atoms with Crippen LogP contribution in [0.3, 0.4) is 0 Å². The van der Waals surface area contributed by atoms with Gasteiger partial charge in [-0.3, -0.25) is 0 Å². The molecule has 0 fully saturated rings. The first-order valence-electron chi connectivity index (χ1n) is 3.30. The number of halogens is 1. The summed E-state index contributed by atoms with van der Waals surface area (Å²) in [6, 6.07) is 1.75. The highest BCUT2D eigenvalue weighted by atomic mass is 35.5. The van der Waals surface area contributed by atoms with Crippen molar-refractivity contribution in [2.45, 2.75) is 6.54 Å². The van der Waals surface area contributed by atoms with Crippen molar-refractivity contribution in [3.63, 3.8) is 0 Å². The average molecular weight is 172 g/mol. The molecule has 0 radical (unpaired) electrons. The maximum Gasteiger partial charge on any atom is 0.131 e. The Labute approximate surface area is 70.6 Å². The van der Waals surface area contributed by atoms with Gasteiger partial charge in [0.15, 0.2) is 0 Å². The molecule has 0 amide bonds. The Bertz CT molecular complexity index is 249. The van der Waals surface area contributed by atoms with E-state index in [-0.39, 0.29) is 0 Å². The summed E-state index contributed by atoms with van der Waals surface area (Å²) in [5, 5.41) is 3.46. The number of aromatic nitrogens is 1. The van der Waals surface area contributed by atoms with Gasteiger partial charge in [0.25, 0.3) is 0 Å². The maximum atomic E-state index is 5.66. The first-order chi connectivity index (χ1) is 5.27. The van der Waals surface area contributed by atoms with E-state index in [0.29, 0.717) is 11.7 Å². The molecule has 0 spiro atoms. The molecule has 1 heterocycles. The summed E-state index contributed by atoms with van der Waals surface area (Å²) in [6.45, 7) is 0.473. The van der Waals surface area contributed by atoms with Crippen LogP contribution >= 0.6 is 11.6 Å². The molecule has 1 aromatic rings. The van der Waals surface area contributed by atoms with Gasteiger partial charge in [0.2, 0.25) is 0 Å². The van der Waals surface area contributed by atoms with Crippen LogP contribution in [0, 0.1) is 0 Å². The first-order valence-corrected chi connectivity index (χ1v) is 3.68. The maximum absolute atomic E-state index is 5.66. The smallest absolute Gasteiger partial charge is 0.131 e. The SMILES string of the molecule is CNc1cc(Cl)ncc1CN. The summed E-state index contributed by atoms with van der Waals surface area (Å²) >= 11 is 5.66. The van der Waals surface area contributed by atoms with E-state index in [9.17, 15) is 0 Å². The van der Waals surface area contributed by atoms with Crippen LogP contribution in [0.5, 0.6) is 0 Å². The Morgan fingerprint density at radius 2 is 2.45 bits per heavy atom. The average Bonchev–Trinajstić information content (AvgIpc) is 2.04. The molecular weight excluding hydrogens is 162 g/mol. The van der Waals surface area contributed by atoms with Crippen LogP contribution in [0.4, 0.5) is 5.69 Å². The summed E-state index contributed by atoms with van der Waals surface area (Å²) in [5.41, 5.74) is 7.36. The summed E-state index contributed by atoms with van der Waals surface area (Å²) < 4.78 is 0. The summed E-state index contributed by atoms with van der Waals surface area (Å²) in [5.74, 6) is 0. The lowest BCUT2D eigenvalue weighted by molar-refractivity contribution is 1.05. The predicted octanol–water partition coefficient (Wildman–Crippen LogP) is 1.24. The molecule has 0 saturated carbocycles. The molecule has 0 aliphatic carbocycles. The normalized spacial score (nSPS) is 9.73. The minimum atomic E-state index is 0.473. The monoisotopic (exact) mass is 171 g/mol. The number of nitrogens with one attached hydrogen (secondary N) is 1. The minimum absolute atomic E-state index is 0.473. The molecule has 0 aliphatic heterocycles. The highest BCUT2D eigenvalue weighted by Gasteiger charge is 1.99. The fourth-order valence-electron chi connectivity index (χ4n) is 0.854. The molecule has 0 aliphatic rings. The molecule has 4 heteroatoms. The van der Waals surface area contributed by atoms with Crippen molar-refractivity contribution in [1.29, 1.82) is 0 Å². The second-order valence-electron chi connectivity index (χ2n) is 2.12. The van der Waals surface area contributed by atoms with Gasteiger partial charge >= 0.3 is 0 Å². The number of nitrogens with two attached hydrogens (primary N) is 1. The Morgan fingerprint density at radius 1 is 1.73 bits per heavy atom. The number of rotatable bonds is 2. The topological polar surface area (TPSA) is 50.9 Å². The van der Waals surface area contributed by atoms with Crippen molar-refractivity contribution in [2.24, 2.45) is 5.73 Å². The van der Waals surface area contributed by atoms with Crippen molar-refractivity contribution >= 4 is 17.3 Å². The fraction of sp³-hybridized carbons (Fsp3) is 0.286. The van der Waals surface area contributed by atoms with Crippen LogP contribution in [0.2, 0.25) is 5.15 Å². The van der Waals surface area contributed by atoms with Crippen molar-refractivity contribution in [1.82, 2.24) is 4.98 Å². The van der Waals surface area contributed by atoms with E-state index in [4.69, 9.17) is 17.3 Å². The van der Waals surface area contributed by atoms with Gasteiger partial charge in [-0.05, 0) is 6.07 Å². The largest absolute Gasteiger partial charge is 0.388 e. The third-order valence-electron chi connectivity index (χ3n) is 1.44. The van der Waals surface area contributed by atoms with Crippen LogP contribution < -0.4 is 11.1 Å². The number of hydrogen-bond acceptors (Lipinski definition) is 3. The molecule has 0 bridgehead atoms. The van der Waals surface area contributed by atoms with E-state index >= 15 is 0 Å². The van der Waals surface area contributed by atoms with Crippen molar-refractivity contribution in [2.75, 3.05) is 12.4 Å². The molecule has 3 nitrogen and oxygen atoms in total. The Balaban J connectivity index is 3.06. The van der Waals surface area contributed by atoms with Crippen molar-refractivity contribution in [3.05, 3.63) is 23.0 Å². The molecule has 1 aromatic heterocycles. The minimum Gasteiger partial charge on any atom is -0.388 e. The molecule has 60 valence electrons. The van der Waals surface area contributed by atoms with Gasteiger partial charge in [-0.15, -0.1) is 0 Å². The highest BCUT2D eigenvalue weighted by molar-refractivity contribution is 6.29. The third-order valence-corrected chi connectivity index (χ3v) is 1.65. The van der Waals surface area contributed by atoms with Crippen molar-refractivity contribution in [3.8, 4) is 0 Å². The van der Waals surface area contributed by atoms with Crippen LogP contribution in [0.1, 0.15) is 5.56 Å². The lowest BCUT2D eigenvalue weighted by Gasteiger charge is -2.05. The van der Waals surface area contributed by atoms with E-state index in [0.717, 1.165) is 11.3 Å². The molecule has 0 aromatic carbocycles. The van der Waals surface area contributed by atoms with Gasteiger partial charge in [0.05, 0.1) is 0 Å². The molecule has 3 N–H and O–H groups in total. The summed E-state index contributed by atoms with van der Waals surface area (Å²) in [4.78, 5) is 3.90. The Morgan fingerprint density at radius 3 is 3.00 bits per heavy atom. The standard InChI is InChI=1S/C7H10ClN3/c1-10-6-2-7(8)11-4-5(6)3-9/h2,4H,3,9H2,1H3,(H,10,11). The second-order valence-corrected chi connectivity index (χ2v) is 2.51. The van der Waals surface area contributed by atoms with E-state index in [2.05, 4.69) is 10.3 Å². The molecule has 0 unspecified atom stereocenters. The number of pyridine rings is 1.